The number of ketones is 1. The summed E-state index contributed by atoms with van der Waals surface area (Å²) in [5, 5.41) is 14.6. The predicted molar refractivity (Wildman–Crippen MR) is 101 cm³/mol. The Morgan fingerprint density at radius 1 is 1.46 bits per heavy atom. The van der Waals surface area contributed by atoms with E-state index in [1.807, 2.05) is 18.7 Å². The summed E-state index contributed by atoms with van der Waals surface area (Å²) < 4.78 is 0. The second-order valence-corrected chi connectivity index (χ2v) is 7.74. The molecule has 1 N–H and O–H groups in total. The second kappa shape index (κ2) is 10.1. The molecule has 0 spiro atoms. The molecule has 0 radical (unpaired) electrons. The summed E-state index contributed by atoms with van der Waals surface area (Å²) in [5.74, 6) is 3.30. The molecule has 0 aromatic rings. The second-order valence-electron chi connectivity index (χ2n) is 6.34. The van der Waals surface area contributed by atoms with Crippen LogP contribution in [0.1, 0.15) is 45.4 Å². The number of thioether (sulfide) groups is 1. The van der Waals surface area contributed by atoms with Gasteiger partial charge in [-0.1, -0.05) is 30.1 Å². The zero-order valence-electron chi connectivity index (χ0n) is 14.2. The van der Waals surface area contributed by atoms with Crippen LogP contribution in [0.2, 0.25) is 0 Å². The van der Waals surface area contributed by atoms with E-state index in [-0.39, 0.29) is 24.1 Å². The van der Waals surface area contributed by atoms with Gasteiger partial charge in [0.15, 0.2) is 5.78 Å². The van der Waals surface area contributed by atoms with Crippen molar-refractivity contribution in [1.82, 2.24) is 0 Å². The molecule has 2 rings (SSSR count). The first-order chi connectivity index (χ1) is 11.7. The minimum atomic E-state index is 0.00279. The quantitative estimate of drug-likeness (QED) is 0.395. The molecule has 1 saturated heterocycles. The first-order valence-corrected chi connectivity index (χ1v) is 10.2. The molecule has 0 aromatic heterocycles. The van der Waals surface area contributed by atoms with E-state index in [4.69, 9.17) is 16.4 Å². The molecule has 24 heavy (non-hydrogen) atoms. The topological polar surface area (TPSA) is 58.9 Å². The summed E-state index contributed by atoms with van der Waals surface area (Å²) in [5.41, 5.74) is 2.30. The number of oxime groups is 1. The summed E-state index contributed by atoms with van der Waals surface area (Å²) in [4.78, 5) is 17.9. The number of aliphatic hydroxyl groups excluding tert-OH is 1. The lowest BCUT2D eigenvalue weighted by molar-refractivity contribution is -0.117. The minimum absolute atomic E-state index is 0.00279. The fourth-order valence-corrected chi connectivity index (χ4v) is 4.72. The average Bonchev–Trinajstić information content (AvgIpc) is 2.58. The number of rotatable bonds is 7. The van der Waals surface area contributed by atoms with Crippen LogP contribution >= 0.6 is 23.4 Å². The van der Waals surface area contributed by atoms with Crippen molar-refractivity contribution in [2.45, 2.75) is 45.4 Å². The Hall–Kier alpha value is -0.940. The van der Waals surface area contributed by atoms with Gasteiger partial charge in [0.05, 0.1) is 11.3 Å². The number of carbonyl (C=O) groups excluding carboxylic acids is 1. The maximum Gasteiger partial charge on any atom is 0.168 e. The molecular weight excluding hydrogens is 346 g/mol. The Kier molecular flexibility index (Phi) is 8.19. The summed E-state index contributed by atoms with van der Waals surface area (Å²) in [6.07, 6.45) is 6.53. The fourth-order valence-electron chi connectivity index (χ4n) is 3.37. The molecule has 4 nitrogen and oxygen atoms in total. The zero-order valence-corrected chi connectivity index (χ0v) is 15.7. The summed E-state index contributed by atoms with van der Waals surface area (Å²) in [6, 6.07) is 0. The lowest BCUT2D eigenvalue weighted by atomic mass is 9.76. The van der Waals surface area contributed by atoms with Gasteiger partial charge in [-0.2, -0.15) is 11.8 Å². The van der Waals surface area contributed by atoms with E-state index < -0.39 is 0 Å². The number of halogens is 1. The van der Waals surface area contributed by atoms with E-state index >= 15 is 0 Å². The molecular formula is C18H26ClNO3S. The number of allylic oxidation sites excluding steroid dienone is 2. The van der Waals surface area contributed by atoms with Gasteiger partial charge in [0, 0.05) is 18.4 Å². The molecule has 6 heteroatoms. The summed E-state index contributed by atoms with van der Waals surface area (Å²) >= 11 is 7.41. The Balaban J connectivity index is 2.12. The maximum atomic E-state index is 12.7. The van der Waals surface area contributed by atoms with Crippen molar-refractivity contribution in [3.05, 3.63) is 22.9 Å². The van der Waals surface area contributed by atoms with Gasteiger partial charge < -0.3 is 9.94 Å². The number of nitrogens with zero attached hydrogens (tertiary/aromatic N) is 1. The third-order valence-electron chi connectivity index (χ3n) is 4.54. The molecule has 2 unspecified atom stereocenters. The number of aliphatic hydroxyl groups is 1. The molecule has 1 heterocycles. The van der Waals surface area contributed by atoms with Gasteiger partial charge in [0.1, 0.15) is 12.4 Å². The van der Waals surface area contributed by atoms with Crippen molar-refractivity contribution in [3.63, 3.8) is 0 Å². The molecule has 0 saturated carbocycles. The lowest BCUT2D eigenvalue weighted by Crippen LogP contribution is -2.30. The van der Waals surface area contributed by atoms with Gasteiger partial charge in [-0.05, 0) is 48.7 Å². The van der Waals surface area contributed by atoms with E-state index in [2.05, 4.69) is 5.16 Å². The number of hydrogen-bond acceptors (Lipinski definition) is 5. The van der Waals surface area contributed by atoms with Crippen LogP contribution in [0.15, 0.2) is 28.1 Å². The lowest BCUT2D eigenvalue weighted by Gasteiger charge is -2.32. The van der Waals surface area contributed by atoms with Crippen LogP contribution in [-0.2, 0) is 9.63 Å². The van der Waals surface area contributed by atoms with E-state index in [0.717, 1.165) is 18.6 Å². The van der Waals surface area contributed by atoms with Crippen molar-refractivity contribution in [1.29, 1.82) is 0 Å². The van der Waals surface area contributed by atoms with Crippen LogP contribution in [0.3, 0.4) is 0 Å². The third-order valence-corrected chi connectivity index (χ3v) is 5.96. The standard InChI is InChI=1S/C18H26ClNO3S/c1-2-5-15(20-23-8-4-7-19)18-16(21)10-14(11-17(18)22)13-6-3-9-24-12-13/h4,7,13-14,21H,2-3,5-6,8-12H2,1H3/b7-4+,20-15?. The van der Waals surface area contributed by atoms with Crippen LogP contribution in [0, 0.1) is 11.8 Å². The van der Waals surface area contributed by atoms with Crippen molar-refractivity contribution in [2.75, 3.05) is 18.1 Å². The normalized spacial score (nSPS) is 26.2. The van der Waals surface area contributed by atoms with Crippen molar-refractivity contribution < 1.29 is 14.7 Å². The van der Waals surface area contributed by atoms with E-state index in [1.54, 1.807) is 6.08 Å². The van der Waals surface area contributed by atoms with Gasteiger partial charge in [-0.15, -0.1) is 0 Å². The van der Waals surface area contributed by atoms with Gasteiger partial charge in [-0.25, -0.2) is 0 Å². The van der Waals surface area contributed by atoms with Gasteiger partial charge in [0.2, 0.25) is 0 Å². The highest BCUT2D eigenvalue weighted by Gasteiger charge is 2.35. The fraction of sp³-hybridized carbons (Fsp3) is 0.667. The Bertz CT molecular complexity index is 524. The molecule has 1 fully saturated rings. The monoisotopic (exact) mass is 371 g/mol. The van der Waals surface area contributed by atoms with Crippen LogP contribution in [0.5, 0.6) is 0 Å². The first kappa shape index (κ1) is 19.4. The largest absolute Gasteiger partial charge is 0.511 e. The van der Waals surface area contributed by atoms with Crippen LogP contribution in [0.4, 0.5) is 0 Å². The average molecular weight is 372 g/mol. The molecule has 2 aliphatic rings. The van der Waals surface area contributed by atoms with Crippen LogP contribution < -0.4 is 0 Å². The van der Waals surface area contributed by atoms with Crippen LogP contribution in [-0.4, -0.2) is 34.7 Å². The van der Waals surface area contributed by atoms with Crippen molar-refractivity contribution in [3.8, 4) is 0 Å². The summed E-state index contributed by atoms with van der Waals surface area (Å²) in [7, 11) is 0. The van der Waals surface area contributed by atoms with Crippen molar-refractivity contribution in [2.24, 2.45) is 17.0 Å². The van der Waals surface area contributed by atoms with Gasteiger partial charge in [-0.3, -0.25) is 4.79 Å². The number of hydrogen-bond donors (Lipinski definition) is 1. The highest BCUT2D eigenvalue weighted by molar-refractivity contribution is 7.99. The zero-order chi connectivity index (χ0) is 17.4. The van der Waals surface area contributed by atoms with Crippen molar-refractivity contribution >= 4 is 34.9 Å². The molecule has 0 amide bonds. The molecule has 0 bridgehead atoms. The molecule has 134 valence electrons. The number of carbonyl (C=O) groups is 1. The van der Waals surface area contributed by atoms with E-state index in [0.29, 0.717) is 36.5 Å². The smallest absolute Gasteiger partial charge is 0.168 e. The molecule has 0 aromatic carbocycles. The highest BCUT2D eigenvalue weighted by Crippen LogP contribution is 2.38. The third kappa shape index (κ3) is 5.28. The maximum absolute atomic E-state index is 12.7. The van der Waals surface area contributed by atoms with Crippen LogP contribution in [0.25, 0.3) is 0 Å². The Labute approximate surface area is 153 Å². The minimum Gasteiger partial charge on any atom is -0.511 e. The number of Topliss-reactive ketones (excluding diaryl/α,β-unsaturated/α-hetero) is 1. The van der Waals surface area contributed by atoms with Gasteiger partial charge in [0.25, 0.3) is 0 Å². The Morgan fingerprint density at radius 3 is 2.92 bits per heavy atom. The first-order valence-electron chi connectivity index (χ1n) is 8.64. The Morgan fingerprint density at radius 2 is 2.29 bits per heavy atom. The predicted octanol–water partition coefficient (Wildman–Crippen LogP) is 4.85. The molecule has 1 aliphatic carbocycles. The van der Waals surface area contributed by atoms with Gasteiger partial charge >= 0.3 is 0 Å². The molecule has 1 aliphatic heterocycles. The van der Waals surface area contributed by atoms with E-state index in [1.165, 1.54) is 17.7 Å². The summed E-state index contributed by atoms with van der Waals surface area (Å²) in [6.45, 7) is 2.27. The van der Waals surface area contributed by atoms with E-state index in [9.17, 15) is 9.90 Å². The highest BCUT2D eigenvalue weighted by atomic mass is 35.5. The molecule has 2 atom stereocenters. The SMILES string of the molecule is CCCC(=NOC/C=C/Cl)C1=C(O)CC(C2CCCSC2)CC1=O.